The van der Waals surface area contributed by atoms with Crippen LogP contribution in [-0.2, 0) is 4.74 Å². The van der Waals surface area contributed by atoms with Gasteiger partial charge in [-0.15, -0.1) is 0 Å². The van der Waals surface area contributed by atoms with Crippen LogP contribution in [0.5, 0.6) is 5.88 Å². The molecule has 2 aliphatic heterocycles. The summed E-state index contributed by atoms with van der Waals surface area (Å²) in [5, 5.41) is 5.14. The van der Waals surface area contributed by atoms with Crippen LogP contribution in [0.1, 0.15) is 32.6 Å². The van der Waals surface area contributed by atoms with Crippen molar-refractivity contribution in [3.63, 3.8) is 0 Å². The van der Waals surface area contributed by atoms with Gasteiger partial charge in [-0.25, -0.2) is 33.3 Å². The fourth-order valence-electron chi connectivity index (χ4n) is 5.60. The zero-order valence-corrected chi connectivity index (χ0v) is 23.3. The third-order valence-electron chi connectivity index (χ3n) is 8.05. The zero-order valence-electron chi connectivity index (χ0n) is 23.3. The van der Waals surface area contributed by atoms with Crippen LogP contribution in [0.2, 0.25) is 0 Å². The Morgan fingerprint density at radius 2 is 1.95 bits per heavy atom. The molecule has 41 heavy (non-hydrogen) atoms. The number of urea groups is 1. The van der Waals surface area contributed by atoms with Gasteiger partial charge in [-0.2, -0.15) is 4.98 Å². The Bertz CT molecular complexity index is 1240. The minimum atomic E-state index is -3.15. The molecule has 13 nitrogen and oxygen atoms in total. The van der Waals surface area contributed by atoms with E-state index in [1.165, 1.54) is 31.7 Å². The number of fused-ring (bicyclic) bond motifs is 1. The molecule has 5 rings (SSSR count). The normalized spacial score (nSPS) is 25.3. The number of nitrogens with one attached hydrogen (secondary N) is 2. The summed E-state index contributed by atoms with van der Waals surface area (Å²) in [6.45, 7) is 2.82. The molecule has 0 radical (unpaired) electrons. The molecule has 2 N–H and O–H groups in total. The summed E-state index contributed by atoms with van der Waals surface area (Å²) in [6, 6.07) is -0.279. The Labute approximate surface area is 236 Å². The summed E-state index contributed by atoms with van der Waals surface area (Å²) in [5.41, 5.74) is 0. The molecule has 2 aromatic heterocycles. The van der Waals surface area contributed by atoms with E-state index in [0.29, 0.717) is 18.6 Å². The van der Waals surface area contributed by atoms with Gasteiger partial charge in [0.2, 0.25) is 11.8 Å². The molecule has 0 spiro atoms. The highest BCUT2D eigenvalue weighted by molar-refractivity contribution is 5.88. The van der Waals surface area contributed by atoms with E-state index in [1.807, 2.05) is 0 Å². The molecule has 15 heteroatoms. The van der Waals surface area contributed by atoms with Crippen LogP contribution in [-0.4, -0.2) is 106 Å². The lowest BCUT2D eigenvalue weighted by Crippen LogP contribution is -2.60. The number of hydrogen-bond donors (Lipinski definition) is 2. The summed E-state index contributed by atoms with van der Waals surface area (Å²) in [5.74, 6) is -2.07. The molecule has 1 aliphatic carbocycles. The molecule has 1 unspecified atom stereocenters. The predicted molar refractivity (Wildman–Crippen MR) is 145 cm³/mol. The molecule has 2 aromatic rings. The van der Waals surface area contributed by atoms with E-state index in [-0.39, 0.29) is 42.7 Å². The number of nitrogens with zero attached hydrogens (tertiary/aromatic N) is 7. The van der Waals surface area contributed by atoms with E-state index >= 15 is 0 Å². The first-order chi connectivity index (χ1) is 19.6. The van der Waals surface area contributed by atoms with Gasteiger partial charge in [-0.1, -0.05) is 0 Å². The molecule has 3 aliphatic rings. The maximum absolute atomic E-state index is 15.0. The summed E-state index contributed by atoms with van der Waals surface area (Å²) in [7, 11) is 3.39. The number of hydrogen-bond acceptors (Lipinski definition) is 10. The van der Waals surface area contributed by atoms with E-state index in [9.17, 15) is 18.4 Å². The van der Waals surface area contributed by atoms with Crippen LogP contribution in [0.25, 0.3) is 0 Å². The van der Waals surface area contributed by atoms with Crippen LogP contribution < -0.4 is 20.3 Å². The van der Waals surface area contributed by atoms with Crippen molar-refractivity contribution in [1.29, 1.82) is 0 Å². The van der Waals surface area contributed by atoms with Crippen molar-refractivity contribution in [2.24, 2.45) is 5.92 Å². The number of amides is 3. The van der Waals surface area contributed by atoms with E-state index in [4.69, 9.17) is 9.47 Å². The molecule has 3 fully saturated rings. The molecule has 0 bridgehead atoms. The zero-order chi connectivity index (χ0) is 29.1. The van der Waals surface area contributed by atoms with Gasteiger partial charge in [-0.3, -0.25) is 10.6 Å². The van der Waals surface area contributed by atoms with Crippen LogP contribution in [0, 0.1) is 5.92 Å². The maximum Gasteiger partial charge on any atom is 0.413 e. The molecule has 0 aromatic carbocycles. The summed E-state index contributed by atoms with van der Waals surface area (Å²) in [4.78, 5) is 46.9. The third kappa shape index (κ3) is 6.39. The third-order valence-corrected chi connectivity index (χ3v) is 8.05. The van der Waals surface area contributed by atoms with Crippen molar-refractivity contribution in [2.75, 3.05) is 55.9 Å². The Balaban J connectivity index is 1.20. The molecule has 3 amide bonds. The lowest BCUT2D eigenvalue weighted by molar-refractivity contribution is -0.0760. The topological polar surface area (TPSA) is 138 Å². The predicted octanol–water partition coefficient (Wildman–Crippen LogP) is 3.07. The Morgan fingerprint density at radius 3 is 2.66 bits per heavy atom. The van der Waals surface area contributed by atoms with Gasteiger partial charge in [0, 0.05) is 51.3 Å². The SMILES string of the molecule is CCOc1cnc(NC(=O)N(C)[C@H]2CN(c3nccc(NC(=O)OC4CCN(C)[C@@H]5CC[C@H]45)n3)CCC2(F)F)cn1. The van der Waals surface area contributed by atoms with Crippen molar-refractivity contribution >= 4 is 29.7 Å². The minimum Gasteiger partial charge on any atom is -0.477 e. The van der Waals surface area contributed by atoms with Crippen LogP contribution in [0.3, 0.4) is 0 Å². The summed E-state index contributed by atoms with van der Waals surface area (Å²) >= 11 is 0. The first-order valence-corrected chi connectivity index (χ1v) is 13.8. The van der Waals surface area contributed by atoms with Crippen molar-refractivity contribution in [3.8, 4) is 5.88 Å². The number of halogens is 2. The standard InChI is InChI=1S/C26H35F2N9O4/c1-4-40-22-14-30-21(13-31-22)33-24(38)36(3)19-15-37(12-9-26(19,27)28)23-29-10-7-20(32-23)34-25(39)41-18-8-11-35(2)17-6-5-16(17)18/h7,10,13-14,16-19H,4-6,8-9,11-12,15H2,1-3H3,(H,30,33,38)(H,29,32,34,39)/t16-,17+,18?,19-/m0/s1. The average molecular weight is 576 g/mol. The van der Waals surface area contributed by atoms with Crippen molar-refractivity contribution < 1.29 is 27.8 Å². The maximum atomic E-state index is 15.0. The lowest BCUT2D eigenvalue weighted by atomic mass is 9.72. The molecular formula is C26H35F2N9O4. The van der Waals surface area contributed by atoms with Gasteiger partial charge in [0.05, 0.1) is 19.0 Å². The van der Waals surface area contributed by atoms with Crippen molar-refractivity contribution in [1.82, 2.24) is 29.7 Å². The van der Waals surface area contributed by atoms with Crippen LogP contribution in [0.15, 0.2) is 24.7 Å². The number of carbonyl (C=O) groups excluding carboxylic acids is 2. The number of likely N-dealkylation sites (N-methyl/N-ethyl adjacent to an activating group) is 1. The van der Waals surface area contributed by atoms with E-state index < -0.39 is 30.5 Å². The number of anilines is 3. The molecule has 222 valence electrons. The monoisotopic (exact) mass is 575 g/mol. The van der Waals surface area contributed by atoms with Gasteiger partial charge in [-0.05, 0) is 39.3 Å². The van der Waals surface area contributed by atoms with Crippen LogP contribution in [0.4, 0.5) is 36.0 Å². The quantitative estimate of drug-likeness (QED) is 0.507. The van der Waals surface area contributed by atoms with Gasteiger partial charge >= 0.3 is 12.1 Å². The fraction of sp³-hybridized carbons (Fsp3) is 0.615. The number of likely N-dealkylation sites (tertiary alicyclic amines) is 1. The highest BCUT2D eigenvalue weighted by atomic mass is 19.3. The molecule has 2 saturated heterocycles. The fourth-order valence-corrected chi connectivity index (χ4v) is 5.60. The van der Waals surface area contributed by atoms with E-state index in [0.717, 1.165) is 30.7 Å². The largest absolute Gasteiger partial charge is 0.477 e. The number of piperidine rings is 2. The first kappa shape index (κ1) is 28.6. The minimum absolute atomic E-state index is 0.0319. The molecule has 1 saturated carbocycles. The van der Waals surface area contributed by atoms with E-state index in [1.54, 1.807) is 11.8 Å². The van der Waals surface area contributed by atoms with Gasteiger partial charge in [0.1, 0.15) is 18.0 Å². The lowest BCUT2D eigenvalue weighted by Gasteiger charge is -2.50. The number of ether oxygens (including phenoxy) is 2. The van der Waals surface area contributed by atoms with Gasteiger partial charge in [0.25, 0.3) is 5.92 Å². The Hall–Kier alpha value is -3.88. The number of aromatic nitrogens is 4. The highest BCUT2D eigenvalue weighted by Gasteiger charge is 2.48. The number of carbonyl (C=O) groups is 2. The number of rotatable bonds is 7. The van der Waals surface area contributed by atoms with Crippen molar-refractivity contribution in [3.05, 3.63) is 24.7 Å². The number of alkyl halides is 2. The van der Waals surface area contributed by atoms with Gasteiger partial charge < -0.3 is 24.2 Å². The van der Waals surface area contributed by atoms with E-state index in [2.05, 4.69) is 42.5 Å². The second-order valence-corrected chi connectivity index (χ2v) is 10.6. The summed E-state index contributed by atoms with van der Waals surface area (Å²) in [6.07, 6.45) is 5.72. The average Bonchev–Trinajstić information content (AvgIpc) is 2.91. The molecular weight excluding hydrogens is 540 g/mol. The van der Waals surface area contributed by atoms with Crippen molar-refractivity contribution in [2.45, 2.75) is 56.7 Å². The van der Waals surface area contributed by atoms with Crippen LogP contribution >= 0.6 is 0 Å². The highest BCUT2D eigenvalue weighted by Crippen LogP contribution is 2.40. The molecule has 4 atom stereocenters. The summed E-state index contributed by atoms with van der Waals surface area (Å²) < 4.78 is 40.9. The van der Waals surface area contributed by atoms with Gasteiger partial charge in [0.15, 0.2) is 5.82 Å². The second kappa shape index (κ2) is 11.9. The Morgan fingerprint density at radius 1 is 1.12 bits per heavy atom. The molecule has 4 heterocycles. The smallest absolute Gasteiger partial charge is 0.413 e. The second-order valence-electron chi connectivity index (χ2n) is 10.6. The first-order valence-electron chi connectivity index (χ1n) is 13.8. The Kier molecular flexibility index (Phi) is 8.33.